The lowest BCUT2D eigenvalue weighted by molar-refractivity contribution is -0.168. The molecule has 0 saturated heterocycles. The van der Waals surface area contributed by atoms with Crippen LogP contribution in [0.5, 0.6) is 0 Å². The normalized spacial score (nSPS) is 35.7. The molecule has 1 aromatic rings. The molecule has 3 nitrogen and oxygen atoms in total. The maximum Gasteiger partial charge on any atom is 0.224 e. The molecule has 132 valence electrons. The van der Waals surface area contributed by atoms with Crippen LogP contribution >= 0.6 is 11.6 Å². The van der Waals surface area contributed by atoms with Crippen molar-refractivity contribution in [3.05, 3.63) is 29.4 Å². The van der Waals surface area contributed by atoms with Crippen molar-refractivity contribution >= 4 is 17.4 Å². The molecule has 0 radical (unpaired) electrons. The standard InChI is InChI=1S/C19H27ClFN3/c1-8(2)10(5)14-11(6)15-13(9(3)4)17(16(14)15)23-18-12(21)7-22-19(20)24-18/h7-8,10-11,13-17H,3H2,1-2,4-6H3,(H,22,23,24). The predicted molar refractivity (Wildman–Crippen MR) is 96.4 cm³/mol. The van der Waals surface area contributed by atoms with Crippen LogP contribution in [0.4, 0.5) is 10.2 Å². The van der Waals surface area contributed by atoms with E-state index in [0.29, 0.717) is 41.4 Å². The summed E-state index contributed by atoms with van der Waals surface area (Å²) in [7, 11) is 0. The van der Waals surface area contributed by atoms with E-state index in [1.54, 1.807) is 0 Å². The third-order valence-electron chi connectivity index (χ3n) is 6.57. The number of hydrogen-bond acceptors (Lipinski definition) is 3. The van der Waals surface area contributed by atoms with E-state index in [0.717, 1.165) is 11.8 Å². The van der Waals surface area contributed by atoms with Gasteiger partial charge in [-0.2, -0.15) is 4.98 Å². The lowest BCUT2D eigenvalue weighted by Gasteiger charge is -2.69. The van der Waals surface area contributed by atoms with Crippen LogP contribution in [0, 0.1) is 47.2 Å². The van der Waals surface area contributed by atoms with Crippen LogP contribution in [0.3, 0.4) is 0 Å². The van der Waals surface area contributed by atoms with Gasteiger partial charge in [0.1, 0.15) is 0 Å². The van der Waals surface area contributed by atoms with Gasteiger partial charge in [-0.05, 0) is 54.0 Å². The minimum Gasteiger partial charge on any atom is -0.364 e. The summed E-state index contributed by atoms with van der Waals surface area (Å²) in [6, 6.07) is 0.176. The second-order valence-corrected chi connectivity index (χ2v) is 8.41. The molecule has 7 atom stereocenters. The Bertz CT molecular complexity index is 647. The van der Waals surface area contributed by atoms with Gasteiger partial charge in [-0.15, -0.1) is 0 Å². The quantitative estimate of drug-likeness (QED) is 0.596. The van der Waals surface area contributed by atoms with Crippen molar-refractivity contribution in [2.45, 2.75) is 40.7 Å². The van der Waals surface area contributed by atoms with E-state index in [-0.39, 0.29) is 17.1 Å². The van der Waals surface area contributed by atoms with Gasteiger partial charge in [0, 0.05) is 12.0 Å². The van der Waals surface area contributed by atoms with E-state index in [1.165, 1.54) is 0 Å². The summed E-state index contributed by atoms with van der Waals surface area (Å²) in [6.07, 6.45) is 1.13. The SMILES string of the molecule is C=C(C)C1C(Nc2nc(Cl)ncc2F)C2C(C(C)C(C)C)C(C)C12. The Morgan fingerprint density at radius 1 is 1.33 bits per heavy atom. The van der Waals surface area contributed by atoms with Gasteiger partial charge in [0.15, 0.2) is 11.6 Å². The van der Waals surface area contributed by atoms with Crippen molar-refractivity contribution in [1.82, 2.24) is 9.97 Å². The molecule has 5 heteroatoms. The highest BCUT2D eigenvalue weighted by atomic mass is 35.5. The Hall–Kier alpha value is -1.16. The van der Waals surface area contributed by atoms with Gasteiger partial charge in [-0.1, -0.05) is 39.8 Å². The van der Waals surface area contributed by atoms with Crippen LogP contribution in [-0.2, 0) is 0 Å². The third-order valence-corrected chi connectivity index (χ3v) is 6.75. The van der Waals surface area contributed by atoms with Crippen molar-refractivity contribution in [3.8, 4) is 0 Å². The van der Waals surface area contributed by atoms with Gasteiger partial charge in [0.25, 0.3) is 0 Å². The molecule has 0 amide bonds. The fourth-order valence-electron chi connectivity index (χ4n) is 5.15. The molecule has 7 unspecified atom stereocenters. The fraction of sp³-hybridized carbons (Fsp3) is 0.684. The van der Waals surface area contributed by atoms with E-state index in [1.807, 2.05) is 0 Å². The van der Waals surface area contributed by atoms with Gasteiger partial charge >= 0.3 is 0 Å². The number of aromatic nitrogens is 2. The average Bonchev–Trinajstić information content (AvgIpc) is 2.49. The third kappa shape index (κ3) is 2.63. The van der Waals surface area contributed by atoms with Gasteiger partial charge in [0.2, 0.25) is 5.28 Å². The number of hydrogen-bond donors (Lipinski definition) is 1. The van der Waals surface area contributed by atoms with Crippen molar-refractivity contribution in [2.75, 3.05) is 5.32 Å². The van der Waals surface area contributed by atoms with Crippen LogP contribution in [0.15, 0.2) is 18.3 Å². The largest absolute Gasteiger partial charge is 0.364 e. The van der Waals surface area contributed by atoms with Gasteiger partial charge in [0.05, 0.1) is 6.20 Å². The van der Waals surface area contributed by atoms with Crippen LogP contribution in [0.25, 0.3) is 0 Å². The monoisotopic (exact) mass is 351 g/mol. The zero-order valence-electron chi connectivity index (χ0n) is 15.1. The van der Waals surface area contributed by atoms with Crippen molar-refractivity contribution < 1.29 is 4.39 Å². The number of nitrogens with one attached hydrogen (secondary N) is 1. The fourth-order valence-corrected chi connectivity index (χ4v) is 5.28. The van der Waals surface area contributed by atoms with Crippen molar-refractivity contribution in [2.24, 2.45) is 41.4 Å². The first kappa shape index (κ1) is 17.7. The Kier molecular flexibility index (Phi) is 4.63. The highest BCUT2D eigenvalue weighted by Crippen LogP contribution is 2.66. The zero-order chi connectivity index (χ0) is 17.8. The molecule has 0 bridgehead atoms. The summed E-state index contributed by atoms with van der Waals surface area (Å²) in [5.41, 5.74) is 1.16. The molecule has 1 heterocycles. The predicted octanol–water partition coefficient (Wildman–Crippen LogP) is 5.05. The minimum absolute atomic E-state index is 0.0655. The van der Waals surface area contributed by atoms with Gasteiger partial charge < -0.3 is 5.32 Å². The first-order valence-electron chi connectivity index (χ1n) is 8.84. The summed E-state index contributed by atoms with van der Waals surface area (Å²) in [4.78, 5) is 7.73. The zero-order valence-corrected chi connectivity index (χ0v) is 15.8. The lowest BCUT2D eigenvalue weighted by Crippen LogP contribution is -2.70. The Labute approximate surface area is 149 Å². The minimum atomic E-state index is -0.454. The van der Waals surface area contributed by atoms with E-state index in [9.17, 15) is 4.39 Å². The average molecular weight is 352 g/mol. The molecule has 24 heavy (non-hydrogen) atoms. The maximum atomic E-state index is 14.1. The van der Waals surface area contributed by atoms with E-state index < -0.39 is 5.82 Å². The summed E-state index contributed by atoms with van der Waals surface area (Å²) in [5.74, 6) is 3.95. The van der Waals surface area contributed by atoms with Crippen LogP contribution in [0.2, 0.25) is 5.28 Å². The molecule has 3 rings (SSSR count). The summed E-state index contributed by atoms with van der Waals surface area (Å²) in [6.45, 7) is 15.5. The Morgan fingerprint density at radius 3 is 2.58 bits per heavy atom. The van der Waals surface area contributed by atoms with Crippen LogP contribution in [-0.4, -0.2) is 16.0 Å². The van der Waals surface area contributed by atoms with Crippen molar-refractivity contribution in [1.29, 1.82) is 0 Å². The number of nitrogens with zero attached hydrogens (tertiary/aromatic N) is 2. The molecule has 2 aliphatic rings. The molecular weight excluding hydrogens is 325 g/mol. The molecule has 2 aliphatic carbocycles. The molecule has 0 aromatic carbocycles. The molecular formula is C19H27ClFN3. The van der Waals surface area contributed by atoms with Crippen LogP contribution < -0.4 is 5.32 Å². The molecule has 1 N–H and O–H groups in total. The van der Waals surface area contributed by atoms with E-state index >= 15 is 0 Å². The Morgan fingerprint density at radius 2 is 2.00 bits per heavy atom. The van der Waals surface area contributed by atoms with Gasteiger partial charge in [-0.25, -0.2) is 9.37 Å². The first-order chi connectivity index (χ1) is 11.2. The summed E-state index contributed by atoms with van der Waals surface area (Å²) >= 11 is 5.84. The number of fused-ring (bicyclic) bond motifs is 1. The molecule has 1 aromatic heterocycles. The highest BCUT2D eigenvalue weighted by molar-refractivity contribution is 6.28. The second-order valence-electron chi connectivity index (χ2n) is 8.07. The summed E-state index contributed by atoms with van der Waals surface area (Å²) in [5, 5.41) is 3.39. The van der Waals surface area contributed by atoms with Crippen molar-refractivity contribution in [3.63, 3.8) is 0 Å². The highest BCUT2D eigenvalue weighted by Gasteiger charge is 2.65. The molecule has 0 spiro atoms. The summed E-state index contributed by atoms with van der Waals surface area (Å²) < 4.78 is 14.1. The number of anilines is 1. The van der Waals surface area contributed by atoms with E-state index in [2.05, 4.69) is 56.5 Å². The lowest BCUT2D eigenvalue weighted by atomic mass is 9.37. The Balaban J connectivity index is 1.84. The second kappa shape index (κ2) is 6.29. The van der Waals surface area contributed by atoms with Gasteiger partial charge in [-0.3, -0.25) is 0 Å². The molecule has 2 fully saturated rings. The first-order valence-corrected chi connectivity index (χ1v) is 9.21. The molecule has 0 aliphatic heterocycles. The number of rotatable bonds is 5. The topological polar surface area (TPSA) is 37.8 Å². The number of halogens is 2. The van der Waals surface area contributed by atoms with E-state index in [4.69, 9.17) is 11.6 Å². The van der Waals surface area contributed by atoms with Crippen LogP contribution in [0.1, 0.15) is 34.6 Å². The smallest absolute Gasteiger partial charge is 0.224 e. The maximum absolute atomic E-state index is 14.1. The molecule has 2 saturated carbocycles.